The van der Waals surface area contributed by atoms with Crippen molar-refractivity contribution in [3.05, 3.63) is 82.6 Å². The van der Waals surface area contributed by atoms with E-state index in [-0.39, 0.29) is 29.8 Å². The summed E-state index contributed by atoms with van der Waals surface area (Å²) >= 11 is 7.80. The van der Waals surface area contributed by atoms with E-state index in [1.54, 1.807) is 0 Å². The van der Waals surface area contributed by atoms with Crippen LogP contribution >= 0.6 is 30.6 Å². The summed E-state index contributed by atoms with van der Waals surface area (Å²) in [5.74, 6) is 0.266. The van der Waals surface area contributed by atoms with Crippen molar-refractivity contribution in [1.82, 2.24) is 0 Å². The van der Waals surface area contributed by atoms with E-state index in [1.165, 1.54) is 21.5 Å². The van der Waals surface area contributed by atoms with Gasteiger partial charge in [0.05, 0.1) is 30.6 Å². The minimum Gasteiger partial charge on any atom is -0.545 e. The lowest BCUT2D eigenvalue weighted by Crippen LogP contribution is -2.56. The van der Waals surface area contributed by atoms with E-state index in [1.807, 2.05) is 30.7 Å². The lowest BCUT2D eigenvalue weighted by atomic mass is 9.76. The van der Waals surface area contributed by atoms with Gasteiger partial charge in [0.15, 0.2) is 5.78 Å². The summed E-state index contributed by atoms with van der Waals surface area (Å²) in [7, 11) is -2.39. The molecule has 2 aromatic carbocycles. The van der Waals surface area contributed by atoms with Crippen LogP contribution in [0, 0.1) is 5.92 Å². The predicted molar refractivity (Wildman–Crippen MR) is 131 cm³/mol. The van der Waals surface area contributed by atoms with Crippen LogP contribution in [0.4, 0.5) is 0 Å². The Morgan fingerprint density at radius 2 is 1.35 bits per heavy atom. The van der Waals surface area contributed by atoms with Gasteiger partial charge in [-0.15, -0.1) is 30.6 Å². The Hall–Kier alpha value is -1.02. The molecule has 4 atom stereocenters. The topological polar surface area (TPSA) is 44.8 Å². The number of ketones is 1. The molecule has 0 amide bonds. The zero-order chi connectivity index (χ0) is 20.9. The summed E-state index contributed by atoms with van der Waals surface area (Å²) in [6.07, 6.45) is 3.51. The zero-order valence-electron chi connectivity index (χ0n) is 16.0. The molecule has 7 rings (SSSR count). The van der Waals surface area contributed by atoms with Crippen LogP contribution in [0.15, 0.2) is 60.3 Å². The molecular formula is C21H14Br2O4Si4. The van der Waals surface area contributed by atoms with Crippen molar-refractivity contribution >= 4 is 77.7 Å². The molecule has 0 N–H and O–H groups in total. The van der Waals surface area contributed by atoms with Crippen LogP contribution in [-0.4, -0.2) is 36.8 Å². The van der Waals surface area contributed by atoms with Gasteiger partial charge in [0.1, 0.15) is 0 Å². The number of hydrogen-bond donors (Lipinski definition) is 0. The number of carbonyl (C=O) groups is 1. The van der Waals surface area contributed by atoms with E-state index >= 15 is 0 Å². The number of hydrogen-bond acceptors (Lipinski definition) is 4. The smallest absolute Gasteiger partial charge is 0.312 e. The Bertz CT molecular complexity index is 1200. The van der Waals surface area contributed by atoms with Gasteiger partial charge in [-0.3, -0.25) is 4.79 Å². The van der Waals surface area contributed by atoms with Gasteiger partial charge in [0.25, 0.3) is 0 Å². The third kappa shape index (κ3) is 2.60. The van der Waals surface area contributed by atoms with Crippen LogP contribution < -0.4 is 10.4 Å². The fourth-order valence-electron chi connectivity index (χ4n) is 5.56. The second-order valence-electron chi connectivity index (χ2n) is 8.20. The summed E-state index contributed by atoms with van der Waals surface area (Å²) in [6, 6.07) is 12.7. The van der Waals surface area contributed by atoms with Crippen molar-refractivity contribution < 1.29 is 18.4 Å². The first-order chi connectivity index (χ1) is 15.1. The third-order valence-corrected chi connectivity index (χ3v) is 25.3. The van der Waals surface area contributed by atoms with E-state index in [0.29, 0.717) is 0 Å². The van der Waals surface area contributed by atoms with Crippen molar-refractivity contribution in [3.8, 4) is 0 Å². The first kappa shape index (κ1) is 19.4. The Balaban J connectivity index is 1.39. The lowest BCUT2D eigenvalue weighted by Gasteiger charge is -2.27. The summed E-state index contributed by atoms with van der Waals surface area (Å²) in [6.45, 7) is -1.74. The van der Waals surface area contributed by atoms with Crippen molar-refractivity contribution in [2.45, 2.75) is 18.1 Å². The molecule has 4 aliphatic heterocycles. The molecule has 5 aliphatic rings. The molecule has 152 valence electrons. The van der Waals surface area contributed by atoms with Crippen molar-refractivity contribution in [2.24, 2.45) is 5.92 Å². The van der Waals surface area contributed by atoms with Crippen molar-refractivity contribution in [3.63, 3.8) is 0 Å². The maximum atomic E-state index is 13.3. The Morgan fingerprint density at radius 3 is 1.94 bits per heavy atom. The van der Waals surface area contributed by atoms with Gasteiger partial charge in [-0.05, 0) is 27.1 Å². The van der Waals surface area contributed by atoms with Crippen LogP contribution in [0.2, 0.25) is 0 Å². The first-order valence-electron chi connectivity index (χ1n) is 10.1. The minimum atomic E-state index is -1.20. The molecular weight excluding hydrogens is 588 g/mol. The normalized spacial score (nSPS) is 31.2. The maximum Gasteiger partial charge on any atom is 0.312 e. The lowest BCUT2D eigenvalue weighted by molar-refractivity contribution is 0.0526. The average molecular weight is 602 g/mol. The summed E-state index contributed by atoms with van der Waals surface area (Å²) in [5.41, 5.74) is 8.84. The third-order valence-electron chi connectivity index (χ3n) is 6.78. The van der Waals surface area contributed by atoms with Crippen LogP contribution in [-0.2, 0) is 13.6 Å². The molecule has 1 aliphatic carbocycles. The average Bonchev–Trinajstić information content (AvgIpc) is 3.57. The van der Waals surface area contributed by atoms with Crippen LogP contribution in [0.5, 0.6) is 0 Å². The summed E-state index contributed by atoms with van der Waals surface area (Å²) in [5, 5.41) is 2.62. The molecule has 2 bridgehead atoms. The predicted octanol–water partition coefficient (Wildman–Crippen LogP) is 2.90. The number of rotatable bonds is 2. The van der Waals surface area contributed by atoms with Gasteiger partial charge >= 0.3 is 17.1 Å². The molecule has 10 heteroatoms. The van der Waals surface area contributed by atoms with E-state index in [9.17, 15) is 4.79 Å². The molecule has 4 unspecified atom stereocenters. The molecule has 1 saturated heterocycles. The zero-order valence-corrected chi connectivity index (χ0v) is 23.1. The van der Waals surface area contributed by atoms with E-state index in [4.69, 9.17) is 13.6 Å². The van der Waals surface area contributed by atoms with Gasteiger partial charge < -0.3 is 13.6 Å². The molecule has 1 fully saturated rings. The van der Waals surface area contributed by atoms with Gasteiger partial charge in [0, 0.05) is 11.5 Å². The molecule has 4 nitrogen and oxygen atoms in total. The molecule has 4 heterocycles. The molecule has 31 heavy (non-hydrogen) atoms. The largest absolute Gasteiger partial charge is 0.545 e. The first-order valence-corrected chi connectivity index (χ1v) is 22.5. The van der Waals surface area contributed by atoms with E-state index in [2.05, 4.69) is 60.2 Å². The van der Waals surface area contributed by atoms with Crippen molar-refractivity contribution in [2.75, 3.05) is 0 Å². The van der Waals surface area contributed by atoms with E-state index < -0.39 is 31.0 Å². The molecule has 0 aromatic heterocycles. The molecule has 4 radical (unpaired) electrons. The number of Topliss-reactive ketones (excluding diaryl/α,β-unsaturated/α-hetero) is 1. The fourth-order valence-corrected chi connectivity index (χ4v) is 21.9. The number of fused-ring (bicyclic) bond motifs is 10. The fraction of sp³-hybridized carbons (Fsp3) is 0.190. The number of ether oxygens (including phenoxy) is 1. The molecule has 0 spiro atoms. The van der Waals surface area contributed by atoms with Crippen LogP contribution in [0.3, 0.4) is 0 Å². The SMILES string of the molecule is O=C1c2ccccc2C2C3OC(c4cc([Si]5OC=C[Si]5Br)c([Si]5OC=C[Si]5Br)cc43)C12. The number of carbonyl (C=O) groups excluding carboxylic acids is 1. The van der Waals surface area contributed by atoms with Gasteiger partial charge in [-0.25, -0.2) is 0 Å². The Morgan fingerprint density at radius 1 is 0.774 bits per heavy atom. The number of benzene rings is 2. The van der Waals surface area contributed by atoms with Crippen LogP contribution in [0.25, 0.3) is 0 Å². The highest BCUT2D eigenvalue weighted by Gasteiger charge is 2.60. The highest BCUT2D eigenvalue weighted by Crippen LogP contribution is 2.64. The number of halogens is 2. The standard InChI is InChI=1S/C21H14Br2O4Si4/c22-28-7-5-25-30(28)15-9-13-14(10-16(15)31-26-6-8-29(31)23)21-18-17(20(13)27-21)11-3-1-2-4-12(11)19(18)24/h1-10,17-18,20-21H. The highest BCUT2D eigenvalue weighted by atomic mass is 79.9. The van der Waals surface area contributed by atoms with E-state index in [0.717, 1.165) is 11.1 Å². The Labute approximate surface area is 201 Å². The summed E-state index contributed by atoms with van der Waals surface area (Å²) in [4.78, 5) is 13.3. The second-order valence-corrected chi connectivity index (χ2v) is 28.6. The molecule has 2 aromatic rings. The van der Waals surface area contributed by atoms with Crippen molar-refractivity contribution in [1.29, 1.82) is 0 Å². The second kappa shape index (κ2) is 6.99. The highest BCUT2D eigenvalue weighted by molar-refractivity contribution is 9.26. The monoisotopic (exact) mass is 600 g/mol. The van der Waals surface area contributed by atoms with Gasteiger partial charge in [0.2, 0.25) is 13.9 Å². The Kier molecular flexibility index (Phi) is 4.38. The van der Waals surface area contributed by atoms with Gasteiger partial charge in [-0.2, -0.15) is 0 Å². The minimum absolute atomic E-state index is 0.0537. The quantitative estimate of drug-likeness (QED) is 0.392. The summed E-state index contributed by atoms with van der Waals surface area (Å²) < 4.78 is 18.8. The maximum absolute atomic E-state index is 13.3. The van der Waals surface area contributed by atoms with Gasteiger partial charge in [-0.1, -0.05) is 47.8 Å². The van der Waals surface area contributed by atoms with Crippen LogP contribution in [0.1, 0.15) is 45.2 Å². The molecule has 0 saturated carbocycles.